The van der Waals surface area contributed by atoms with Gasteiger partial charge < -0.3 is 10.2 Å². The van der Waals surface area contributed by atoms with Gasteiger partial charge in [-0.15, -0.1) is 0 Å². The lowest BCUT2D eigenvalue weighted by Gasteiger charge is -2.34. The molecule has 0 radical (unpaired) electrons. The summed E-state index contributed by atoms with van der Waals surface area (Å²) >= 11 is 18.9. The molecule has 0 bridgehead atoms. The first-order valence-corrected chi connectivity index (χ1v) is 15.2. The molecule has 7 nitrogen and oxygen atoms in total. The first-order chi connectivity index (χ1) is 18.4. The summed E-state index contributed by atoms with van der Waals surface area (Å²) in [7, 11) is -3.97. The van der Waals surface area contributed by atoms with Gasteiger partial charge in [-0.2, -0.15) is 0 Å². The summed E-state index contributed by atoms with van der Waals surface area (Å²) < 4.78 is 26.6. The lowest BCUT2D eigenvalue weighted by atomic mass is 10.0. The van der Waals surface area contributed by atoms with E-state index in [0.717, 1.165) is 16.1 Å². The second-order valence-corrected chi connectivity index (χ2v) is 12.4. The highest BCUT2D eigenvalue weighted by Gasteiger charge is 2.34. The largest absolute Gasteiger partial charge is 0.352 e. The summed E-state index contributed by atoms with van der Waals surface area (Å²) in [6, 6.07) is 19.6. The number of hydrogen-bond acceptors (Lipinski definition) is 4. The van der Waals surface area contributed by atoms with Crippen molar-refractivity contribution in [3.05, 3.63) is 99.0 Å². The fourth-order valence-corrected chi connectivity index (χ4v) is 5.52. The Balaban J connectivity index is 2.09. The fourth-order valence-electron chi connectivity index (χ4n) is 4.02. The topological polar surface area (TPSA) is 86.8 Å². The summed E-state index contributed by atoms with van der Waals surface area (Å²) in [5.41, 5.74) is 1.50. The molecular weight excluding hydrogens is 581 g/mol. The van der Waals surface area contributed by atoms with Crippen molar-refractivity contribution in [1.29, 1.82) is 0 Å². The van der Waals surface area contributed by atoms with E-state index in [9.17, 15) is 18.0 Å². The second-order valence-electron chi connectivity index (χ2n) is 9.32. The van der Waals surface area contributed by atoms with Crippen LogP contribution in [0.1, 0.15) is 25.0 Å². The molecule has 208 valence electrons. The van der Waals surface area contributed by atoms with Crippen LogP contribution in [-0.4, -0.2) is 50.0 Å². The zero-order chi connectivity index (χ0) is 28.7. The van der Waals surface area contributed by atoms with E-state index in [2.05, 4.69) is 5.32 Å². The Bertz CT molecular complexity index is 1420. The van der Waals surface area contributed by atoms with Crippen LogP contribution in [0.4, 0.5) is 5.69 Å². The summed E-state index contributed by atoms with van der Waals surface area (Å²) in [5, 5.41) is 3.44. The van der Waals surface area contributed by atoms with Crippen molar-refractivity contribution < 1.29 is 18.0 Å². The third kappa shape index (κ3) is 8.35. The normalized spacial score (nSPS) is 12.2. The molecule has 1 atom stereocenters. The molecule has 1 N–H and O–H groups in total. The van der Waals surface area contributed by atoms with Gasteiger partial charge in [-0.05, 0) is 43.2 Å². The van der Waals surface area contributed by atoms with Gasteiger partial charge in [-0.3, -0.25) is 13.9 Å². The zero-order valence-corrected chi connectivity index (χ0v) is 24.9. The molecule has 0 spiro atoms. The highest BCUT2D eigenvalue weighted by molar-refractivity contribution is 7.92. The Morgan fingerprint density at radius 3 is 2.10 bits per heavy atom. The summed E-state index contributed by atoms with van der Waals surface area (Å²) in [5.74, 6) is -0.989. The number of amides is 2. The maximum absolute atomic E-state index is 14.0. The maximum atomic E-state index is 14.0. The zero-order valence-electron chi connectivity index (χ0n) is 21.8. The van der Waals surface area contributed by atoms with Crippen molar-refractivity contribution in [1.82, 2.24) is 10.2 Å². The number of anilines is 1. The summed E-state index contributed by atoms with van der Waals surface area (Å²) in [6.07, 6.45) is 1.18. The highest BCUT2D eigenvalue weighted by Crippen LogP contribution is 2.34. The minimum Gasteiger partial charge on any atom is -0.352 e. The number of sulfonamides is 1. The number of hydrogen-bond donors (Lipinski definition) is 1. The van der Waals surface area contributed by atoms with E-state index in [-0.39, 0.29) is 40.6 Å². The quantitative estimate of drug-likeness (QED) is 0.307. The monoisotopic (exact) mass is 609 g/mol. The molecule has 0 saturated carbocycles. The third-order valence-corrected chi connectivity index (χ3v) is 8.18. The Morgan fingerprint density at radius 1 is 0.872 bits per heavy atom. The lowest BCUT2D eigenvalue weighted by molar-refractivity contribution is -0.140. The van der Waals surface area contributed by atoms with Gasteiger partial charge in [-0.1, -0.05) is 89.4 Å². The van der Waals surface area contributed by atoms with Crippen molar-refractivity contribution in [2.45, 2.75) is 38.9 Å². The Hall–Kier alpha value is -2.78. The van der Waals surface area contributed by atoms with Crippen molar-refractivity contribution in [2.75, 3.05) is 17.1 Å². The van der Waals surface area contributed by atoms with Crippen molar-refractivity contribution >= 4 is 62.3 Å². The van der Waals surface area contributed by atoms with Gasteiger partial charge in [0.2, 0.25) is 21.8 Å². The van der Waals surface area contributed by atoms with Gasteiger partial charge >= 0.3 is 0 Å². The number of nitrogens with zero attached hydrogens (tertiary/aromatic N) is 2. The number of benzene rings is 3. The van der Waals surface area contributed by atoms with E-state index in [1.807, 2.05) is 44.2 Å². The summed E-state index contributed by atoms with van der Waals surface area (Å²) in [6.45, 7) is 3.01. The summed E-state index contributed by atoms with van der Waals surface area (Å²) in [4.78, 5) is 28.9. The molecule has 0 aliphatic rings. The number of carbonyl (C=O) groups excluding carboxylic acids is 2. The van der Waals surface area contributed by atoms with Crippen molar-refractivity contribution in [3.63, 3.8) is 0 Å². The maximum Gasteiger partial charge on any atom is 0.244 e. The predicted molar refractivity (Wildman–Crippen MR) is 158 cm³/mol. The van der Waals surface area contributed by atoms with Gasteiger partial charge in [0.1, 0.15) is 12.6 Å². The average molecular weight is 611 g/mol. The number of rotatable bonds is 11. The Labute approximate surface area is 244 Å². The van der Waals surface area contributed by atoms with Crippen LogP contribution < -0.4 is 9.62 Å². The van der Waals surface area contributed by atoms with Crippen molar-refractivity contribution in [2.24, 2.45) is 0 Å². The molecule has 3 rings (SSSR count). The van der Waals surface area contributed by atoms with E-state index in [1.54, 1.807) is 30.3 Å². The van der Waals surface area contributed by atoms with Crippen LogP contribution in [0.3, 0.4) is 0 Å². The molecule has 2 amide bonds. The third-order valence-electron chi connectivity index (χ3n) is 5.88. The van der Waals surface area contributed by atoms with E-state index in [4.69, 9.17) is 34.8 Å². The molecule has 1 unspecified atom stereocenters. The van der Waals surface area contributed by atoms with Crippen LogP contribution in [0.2, 0.25) is 15.1 Å². The molecule has 39 heavy (non-hydrogen) atoms. The number of halogens is 3. The average Bonchev–Trinajstić information content (AvgIpc) is 2.87. The van der Waals surface area contributed by atoms with Crippen molar-refractivity contribution in [3.8, 4) is 0 Å². The van der Waals surface area contributed by atoms with Gasteiger partial charge in [0.25, 0.3) is 0 Å². The molecule has 3 aromatic rings. The van der Waals surface area contributed by atoms with Gasteiger partial charge in [-0.25, -0.2) is 8.42 Å². The first-order valence-electron chi connectivity index (χ1n) is 12.2. The van der Waals surface area contributed by atoms with E-state index < -0.39 is 28.5 Å². The molecule has 0 aromatic heterocycles. The molecule has 0 aliphatic carbocycles. The predicted octanol–water partition coefficient (Wildman–Crippen LogP) is 5.58. The number of nitrogens with one attached hydrogen (secondary N) is 1. The van der Waals surface area contributed by atoms with E-state index in [0.29, 0.717) is 10.6 Å². The van der Waals surface area contributed by atoms with Gasteiger partial charge in [0.05, 0.1) is 22.0 Å². The second kappa shape index (κ2) is 13.5. The van der Waals surface area contributed by atoms with Crippen LogP contribution in [0, 0.1) is 0 Å². The number of carbonyl (C=O) groups is 2. The minimum atomic E-state index is -3.97. The molecule has 0 aliphatic heterocycles. The van der Waals surface area contributed by atoms with Gasteiger partial charge in [0, 0.05) is 24.0 Å². The lowest BCUT2D eigenvalue weighted by Crippen LogP contribution is -2.54. The molecule has 11 heteroatoms. The Morgan fingerprint density at radius 2 is 1.49 bits per heavy atom. The van der Waals surface area contributed by atoms with Crippen LogP contribution >= 0.6 is 34.8 Å². The Kier molecular flexibility index (Phi) is 10.7. The van der Waals surface area contributed by atoms with E-state index in [1.165, 1.54) is 17.0 Å². The molecule has 0 saturated heterocycles. The smallest absolute Gasteiger partial charge is 0.244 e. The van der Waals surface area contributed by atoms with Crippen LogP contribution in [-0.2, 0) is 32.6 Å². The molecule has 0 heterocycles. The minimum absolute atomic E-state index is 0.00608. The van der Waals surface area contributed by atoms with Gasteiger partial charge in [0.15, 0.2) is 0 Å². The van der Waals surface area contributed by atoms with E-state index >= 15 is 0 Å². The molecular formula is C28H30Cl3N3O4S. The first kappa shape index (κ1) is 30.8. The van der Waals surface area contributed by atoms with Crippen LogP contribution in [0.5, 0.6) is 0 Å². The standard InChI is InChI=1S/C28H30Cl3N3O4S/c1-19(2)32-28(36)25(16-20-10-5-4-6-11-20)33(17-21-12-7-8-13-22(21)29)26(35)18-34(39(3,37)38)24-15-9-14-23(30)27(24)31/h4-15,19,25H,16-18H2,1-3H3,(H,32,36). The van der Waals surface area contributed by atoms with Crippen LogP contribution in [0.25, 0.3) is 0 Å². The fraction of sp³-hybridized carbons (Fsp3) is 0.286. The highest BCUT2D eigenvalue weighted by atomic mass is 35.5. The molecule has 3 aromatic carbocycles. The SMILES string of the molecule is CC(C)NC(=O)C(Cc1ccccc1)N(Cc1ccccc1Cl)C(=O)CN(c1cccc(Cl)c1Cl)S(C)(=O)=O. The van der Waals surface area contributed by atoms with Crippen LogP contribution in [0.15, 0.2) is 72.8 Å². The molecule has 0 fully saturated rings.